The van der Waals surface area contributed by atoms with E-state index in [1.807, 2.05) is 13.8 Å². The Morgan fingerprint density at radius 1 is 1.20 bits per heavy atom. The normalized spacial score (nSPS) is 11.5. The largest absolute Gasteiger partial charge is 0.444 e. The number of aliphatic imine (C=N–C) groups is 1. The SMILES string of the molecule is CCN(CCNC(=NC)NCc1nc(C)c(C)o1)c1ccccc1C. The number of benzene rings is 1. The summed E-state index contributed by atoms with van der Waals surface area (Å²) in [5.41, 5.74) is 3.50. The summed E-state index contributed by atoms with van der Waals surface area (Å²) in [6.45, 7) is 11.4. The number of nitrogens with zero attached hydrogens (tertiary/aromatic N) is 3. The first kappa shape index (κ1) is 18.8. The van der Waals surface area contributed by atoms with E-state index in [-0.39, 0.29) is 0 Å². The van der Waals surface area contributed by atoms with Gasteiger partial charge < -0.3 is 20.0 Å². The van der Waals surface area contributed by atoms with Gasteiger partial charge in [-0.1, -0.05) is 18.2 Å². The minimum atomic E-state index is 0.517. The Labute approximate surface area is 150 Å². The van der Waals surface area contributed by atoms with Gasteiger partial charge in [-0.3, -0.25) is 4.99 Å². The van der Waals surface area contributed by atoms with E-state index in [9.17, 15) is 0 Å². The fraction of sp³-hybridized carbons (Fsp3) is 0.474. The van der Waals surface area contributed by atoms with Crippen molar-refractivity contribution in [3.63, 3.8) is 0 Å². The highest BCUT2D eigenvalue weighted by Crippen LogP contribution is 2.18. The van der Waals surface area contributed by atoms with Crippen molar-refractivity contribution in [2.45, 2.75) is 34.2 Å². The number of para-hydroxylation sites is 1. The molecule has 136 valence electrons. The van der Waals surface area contributed by atoms with Crippen molar-refractivity contribution in [3.8, 4) is 0 Å². The van der Waals surface area contributed by atoms with Crippen molar-refractivity contribution >= 4 is 11.6 Å². The highest BCUT2D eigenvalue weighted by atomic mass is 16.4. The van der Waals surface area contributed by atoms with Crippen LogP contribution in [-0.2, 0) is 6.54 Å². The van der Waals surface area contributed by atoms with Crippen LogP contribution in [0.1, 0.15) is 29.8 Å². The zero-order valence-electron chi connectivity index (χ0n) is 15.9. The highest BCUT2D eigenvalue weighted by molar-refractivity contribution is 5.79. The molecule has 0 atom stereocenters. The lowest BCUT2D eigenvalue weighted by atomic mass is 10.2. The van der Waals surface area contributed by atoms with Crippen LogP contribution in [0.25, 0.3) is 0 Å². The first-order valence-electron chi connectivity index (χ1n) is 8.73. The number of anilines is 1. The smallest absolute Gasteiger partial charge is 0.214 e. The molecular formula is C19H29N5O. The molecule has 1 aromatic heterocycles. The molecule has 0 radical (unpaired) electrons. The van der Waals surface area contributed by atoms with Crippen molar-refractivity contribution < 1.29 is 4.42 Å². The molecule has 0 spiro atoms. The van der Waals surface area contributed by atoms with Gasteiger partial charge in [0.2, 0.25) is 5.89 Å². The predicted octanol–water partition coefficient (Wildman–Crippen LogP) is 2.79. The first-order valence-corrected chi connectivity index (χ1v) is 8.73. The molecule has 6 heteroatoms. The molecule has 25 heavy (non-hydrogen) atoms. The quantitative estimate of drug-likeness (QED) is 0.598. The molecular weight excluding hydrogens is 314 g/mol. The van der Waals surface area contributed by atoms with Gasteiger partial charge in [0, 0.05) is 32.4 Å². The lowest BCUT2D eigenvalue weighted by Crippen LogP contribution is -2.41. The number of rotatable bonds is 7. The number of aryl methyl sites for hydroxylation is 3. The second-order valence-corrected chi connectivity index (χ2v) is 5.97. The molecule has 0 saturated carbocycles. The van der Waals surface area contributed by atoms with E-state index in [1.54, 1.807) is 7.05 Å². The van der Waals surface area contributed by atoms with Gasteiger partial charge in [0.1, 0.15) is 5.76 Å². The minimum absolute atomic E-state index is 0.517. The molecule has 2 rings (SSSR count). The summed E-state index contributed by atoms with van der Waals surface area (Å²) in [4.78, 5) is 11.0. The summed E-state index contributed by atoms with van der Waals surface area (Å²) in [5, 5.41) is 6.58. The van der Waals surface area contributed by atoms with Crippen LogP contribution in [0.5, 0.6) is 0 Å². The maximum Gasteiger partial charge on any atom is 0.214 e. The summed E-state index contributed by atoms with van der Waals surface area (Å²) in [7, 11) is 1.76. The highest BCUT2D eigenvalue weighted by Gasteiger charge is 2.08. The Kier molecular flexibility index (Phi) is 6.86. The standard InChI is InChI=1S/C19H29N5O/c1-6-24(17-10-8-7-9-14(17)2)12-11-21-19(20-5)22-13-18-23-15(3)16(4)25-18/h7-10H,6,11-13H2,1-5H3,(H2,20,21,22). The predicted molar refractivity (Wildman–Crippen MR) is 103 cm³/mol. The average Bonchev–Trinajstić information content (AvgIpc) is 2.93. The molecule has 0 amide bonds. The lowest BCUT2D eigenvalue weighted by Gasteiger charge is -2.25. The third-order valence-electron chi connectivity index (χ3n) is 4.22. The van der Waals surface area contributed by atoms with E-state index in [2.05, 4.69) is 63.6 Å². The maximum atomic E-state index is 5.58. The van der Waals surface area contributed by atoms with Crippen molar-refractivity contribution in [1.82, 2.24) is 15.6 Å². The molecule has 1 heterocycles. The van der Waals surface area contributed by atoms with Crippen LogP contribution >= 0.6 is 0 Å². The Bertz CT molecular complexity index is 688. The topological polar surface area (TPSA) is 65.7 Å². The van der Waals surface area contributed by atoms with Gasteiger partial charge in [-0.2, -0.15) is 0 Å². The van der Waals surface area contributed by atoms with Crippen LogP contribution in [0, 0.1) is 20.8 Å². The Hall–Kier alpha value is -2.50. The monoisotopic (exact) mass is 343 g/mol. The van der Waals surface area contributed by atoms with Gasteiger partial charge in [0.05, 0.1) is 12.2 Å². The van der Waals surface area contributed by atoms with Crippen LogP contribution in [0.3, 0.4) is 0 Å². The first-order chi connectivity index (χ1) is 12.0. The third kappa shape index (κ3) is 5.24. The maximum absolute atomic E-state index is 5.58. The molecule has 0 aliphatic rings. The molecule has 2 N–H and O–H groups in total. The average molecular weight is 343 g/mol. The molecule has 0 aliphatic carbocycles. The van der Waals surface area contributed by atoms with Crippen LogP contribution in [0.15, 0.2) is 33.7 Å². The fourth-order valence-corrected chi connectivity index (χ4v) is 2.67. The number of likely N-dealkylation sites (N-methyl/N-ethyl adjacent to an activating group) is 1. The van der Waals surface area contributed by atoms with Crippen LogP contribution in [0.4, 0.5) is 5.69 Å². The van der Waals surface area contributed by atoms with Crippen LogP contribution < -0.4 is 15.5 Å². The Balaban J connectivity index is 1.83. The van der Waals surface area contributed by atoms with Gasteiger partial charge in [0.15, 0.2) is 5.96 Å². The number of oxazole rings is 1. The van der Waals surface area contributed by atoms with E-state index in [1.165, 1.54) is 11.3 Å². The van der Waals surface area contributed by atoms with Gasteiger partial charge in [-0.25, -0.2) is 4.98 Å². The zero-order chi connectivity index (χ0) is 18.2. The number of hydrogen-bond donors (Lipinski definition) is 2. The molecule has 2 aromatic rings. The van der Waals surface area contributed by atoms with Gasteiger partial charge in [-0.05, 0) is 39.3 Å². The van der Waals surface area contributed by atoms with E-state index < -0.39 is 0 Å². The number of aromatic nitrogens is 1. The van der Waals surface area contributed by atoms with Gasteiger partial charge in [0.25, 0.3) is 0 Å². The van der Waals surface area contributed by atoms with E-state index in [4.69, 9.17) is 4.42 Å². The van der Waals surface area contributed by atoms with Crippen molar-refractivity contribution in [2.24, 2.45) is 4.99 Å². The molecule has 6 nitrogen and oxygen atoms in total. The van der Waals surface area contributed by atoms with E-state index in [0.717, 1.165) is 37.0 Å². The second-order valence-electron chi connectivity index (χ2n) is 5.97. The minimum Gasteiger partial charge on any atom is -0.444 e. The molecule has 0 saturated heterocycles. The summed E-state index contributed by atoms with van der Waals surface area (Å²) in [6, 6.07) is 8.47. The van der Waals surface area contributed by atoms with Crippen molar-refractivity contribution in [1.29, 1.82) is 0 Å². The van der Waals surface area contributed by atoms with Gasteiger partial charge >= 0.3 is 0 Å². The number of nitrogens with one attached hydrogen (secondary N) is 2. The van der Waals surface area contributed by atoms with Gasteiger partial charge in [-0.15, -0.1) is 0 Å². The number of guanidine groups is 1. The number of hydrogen-bond acceptors (Lipinski definition) is 4. The van der Waals surface area contributed by atoms with E-state index >= 15 is 0 Å². The Morgan fingerprint density at radius 2 is 1.96 bits per heavy atom. The Morgan fingerprint density at radius 3 is 2.56 bits per heavy atom. The van der Waals surface area contributed by atoms with E-state index in [0.29, 0.717) is 12.4 Å². The molecule has 0 unspecified atom stereocenters. The molecule has 0 fully saturated rings. The van der Waals surface area contributed by atoms with Crippen molar-refractivity contribution in [3.05, 3.63) is 47.2 Å². The van der Waals surface area contributed by atoms with Crippen molar-refractivity contribution in [2.75, 3.05) is 31.6 Å². The second kappa shape index (κ2) is 9.11. The summed E-state index contributed by atoms with van der Waals surface area (Å²) < 4.78 is 5.58. The molecule has 1 aromatic carbocycles. The molecule has 0 bridgehead atoms. The lowest BCUT2D eigenvalue weighted by molar-refractivity contribution is 0.464. The summed E-state index contributed by atoms with van der Waals surface area (Å²) in [6.07, 6.45) is 0. The summed E-state index contributed by atoms with van der Waals surface area (Å²) >= 11 is 0. The fourth-order valence-electron chi connectivity index (χ4n) is 2.67. The van der Waals surface area contributed by atoms with Crippen LogP contribution in [-0.4, -0.2) is 37.6 Å². The third-order valence-corrected chi connectivity index (χ3v) is 4.22. The molecule has 0 aliphatic heterocycles. The van der Waals surface area contributed by atoms with Crippen LogP contribution in [0.2, 0.25) is 0 Å². The summed E-state index contributed by atoms with van der Waals surface area (Å²) in [5.74, 6) is 2.28. The zero-order valence-corrected chi connectivity index (χ0v) is 15.9.